The fourth-order valence-electron chi connectivity index (χ4n) is 2.80. The summed E-state index contributed by atoms with van der Waals surface area (Å²) in [4.78, 5) is 5.83. The zero-order valence-electron chi connectivity index (χ0n) is 12.5. The molecule has 8 heteroatoms. The minimum atomic E-state index is -1.55. The molecule has 0 spiro atoms. The van der Waals surface area contributed by atoms with E-state index < -0.39 is 17.2 Å². The van der Waals surface area contributed by atoms with Gasteiger partial charge in [0.15, 0.2) is 0 Å². The summed E-state index contributed by atoms with van der Waals surface area (Å²) < 4.78 is 34.2. The lowest BCUT2D eigenvalue weighted by molar-refractivity contribution is -0.0485. The first kappa shape index (κ1) is 16.0. The van der Waals surface area contributed by atoms with Gasteiger partial charge in [0.1, 0.15) is 29.9 Å². The van der Waals surface area contributed by atoms with Crippen LogP contribution in [0, 0.1) is 11.6 Å². The summed E-state index contributed by atoms with van der Waals surface area (Å²) in [6.45, 7) is 2.62. The van der Waals surface area contributed by atoms with Crippen molar-refractivity contribution in [1.29, 1.82) is 0 Å². The Hall–Kier alpha value is -1.90. The summed E-state index contributed by atoms with van der Waals surface area (Å²) >= 11 is 0. The summed E-state index contributed by atoms with van der Waals surface area (Å²) in [6.07, 6.45) is 2.79. The molecule has 0 saturated carbocycles. The Morgan fingerprint density at radius 2 is 2.00 bits per heavy atom. The second-order valence-corrected chi connectivity index (χ2v) is 5.64. The van der Waals surface area contributed by atoms with Gasteiger partial charge in [-0.25, -0.2) is 18.4 Å². The van der Waals surface area contributed by atoms with Gasteiger partial charge in [0.25, 0.3) is 0 Å². The zero-order chi connectivity index (χ0) is 16.3. The van der Waals surface area contributed by atoms with E-state index in [1.54, 1.807) is 0 Å². The number of halogens is 2. The van der Waals surface area contributed by atoms with Crippen LogP contribution in [0.5, 0.6) is 0 Å². The van der Waals surface area contributed by atoms with Gasteiger partial charge in [-0.3, -0.25) is 4.90 Å². The molecule has 1 atom stereocenters. The molecule has 1 aromatic heterocycles. The number of aliphatic hydroxyl groups is 1. The maximum Gasteiger partial charge on any atom is 0.137 e. The van der Waals surface area contributed by atoms with Crippen LogP contribution in [0.2, 0.25) is 0 Å². The highest BCUT2D eigenvalue weighted by molar-refractivity contribution is 5.25. The van der Waals surface area contributed by atoms with Gasteiger partial charge in [-0.15, -0.1) is 0 Å². The van der Waals surface area contributed by atoms with Crippen molar-refractivity contribution in [3.05, 3.63) is 48.1 Å². The molecule has 0 unspecified atom stereocenters. The van der Waals surface area contributed by atoms with Crippen LogP contribution in [0.1, 0.15) is 5.56 Å². The van der Waals surface area contributed by atoms with E-state index in [1.807, 2.05) is 4.90 Å². The number of ether oxygens (including phenoxy) is 1. The molecule has 1 aliphatic rings. The molecule has 3 rings (SSSR count). The Balaban J connectivity index is 1.90. The van der Waals surface area contributed by atoms with E-state index in [0.717, 1.165) is 12.1 Å². The Bertz CT molecular complexity index is 647. The van der Waals surface area contributed by atoms with Crippen molar-refractivity contribution in [2.24, 2.45) is 0 Å². The summed E-state index contributed by atoms with van der Waals surface area (Å²) in [7, 11) is 0. The van der Waals surface area contributed by atoms with Crippen LogP contribution in [0.4, 0.5) is 8.78 Å². The van der Waals surface area contributed by atoms with Gasteiger partial charge in [0.2, 0.25) is 0 Å². The Morgan fingerprint density at radius 1 is 1.22 bits per heavy atom. The van der Waals surface area contributed by atoms with Crippen LogP contribution in [-0.2, 0) is 16.9 Å². The van der Waals surface area contributed by atoms with Crippen LogP contribution in [-0.4, -0.2) is 57.6 Å². The number of aromatic nitrogens is 3. The predicted molar refractivity (Wildman–Crippen MR) is 77.5 cm³/mol. The standard InChI is InChI=1S/C15H18F2N4O2/c16-12-1-2-13(14(17)7-12)15(22,9-21-11-18-10-19-21)8-20-3-5-23-6-4-20/h1-2,7,10-11,22H,3-6,8-9H2/t15-/m1/s1. The van der Waals surface area contributed by atoms with Crippen molar-refractivity contribution in [2.45, 2.75) is 12.1 Å². The first-order chi connectivity index (χ1) is 11.1. The van der Waals surface area contributed by atoms with Crippen LogP contribution in [0.3, 0.4) is 0 Å². The Morgan fingerprint density at radius 3 is 2.65 bits per heavy atom. The molecule has 0 radical (unpaired) electrons. The third-order valence-electron chi connectivity index (χ3n) is 3.91. The van der Waals surface area contributed by atoms with Gasteiger partial charge >= 0.3 is 0 Å². The molecule has 1 N–H and O–H groups in total. The lowest BCUT2D eigenvalue weighted by Gasteiger charge is -2.36. The molecular weight excluding hydrogens is 306 g/mol. The molecule has 1 fully saturated rings. The van der Waals surface area contributed by atoms with Crippen molar-refractivity contribution in [3.8, 4) is 0 Å². The van der Waals surface area contributed by atoms with Gasteiger partial charge in [-0.1, -0.05) is 6.07 Å². The largest absolute Gasteiger partial charge is 0.382 e. The van der Waals surface area contributed by atoms with E-state index in [0.29, 0.717) is 26.3 Å². The highest BCUT2D eigenvalue weighted by Crippen LogP contribution is 2.28. The molecule has 2 aromatic rings. The van der Waals surface area contributed by atoms with Crippen molar-refractivity contribution < 1.29 is 18.6 Å². The SMILES string of the molecule is O[C@](CN1CCOCC1)(Cn1cncn1)c1ccc(F)cc1F. The third kappa shape index (κ3) is 3.72. The number of hydrogen-bond donors (Lipinski definition) is 1. The van der Waals surface area contributed by atoms with Gasteiger partial charge in [-0.05, 0) is 6.07 Å². The van der Waals surface area contributed by atoms with E-state index in [2.05, 4.69) is 10.1 Å². The number of hydrogen-bond acceptors (Lipinski definition) is 5. The van der Waals surface area contributed by atoms with Gasteiger partial charge < -0.3 is 9.84 Å². The summed E-state index contributed by atoms with van der Waals surface area (Å²) in [5.74, 6) is -1.46. The molecule has 2 heterocycles. The maximum absolute atomic E-state index is 14.2. The topological polar surface area (TPSA) is 63.4 Å². The van der Waals surface area contributed by atoms with Crippen molar-refractivity contribution in [1.82, 2.24) is 19.7 Å². The van der Waals surface area contributed by atoms with Crippen LogP contribution in [0.15, 0.2) is 30.9 Å². The third-order valence-corrected chi connectivity index (χ3v) is 3.91. The van der Waals surface area contributed by atoms with Gasteiger partial charge in [0.05, 0.1) is 19.8 Å². The van der Waals surface area contributed by atoms with Crippen LogP contribution < -0.4 is 0 Å². The average molecular weight is 324 g/mol. The minimum Gasteiger partial charge on any atom is -0.382 e. The smallest absolute Gasteiger partial charge is 0.137 e. The highest BCUT2D eigenvalue weighted by atomic mass is 19.1. The number of morpholine rings is 1. The number of nitrogens with zero attached hydrogens (tertiary/aromatic N) is 4. The van der Waals surface area contributed by atoms with Gasteiger partial charge in [0, 0.05) is 31.3 Å². The molecule has 0 aliphatic carbocycles. The maximum atomic E-state index is 14.2. The average Bonchev–Trinajstić information content (AvgIpc) is 3.00. The van der Waals surface area contributed by atoms with Crippen LogP contribution in [0.25, 0.3) is 0 Å². The second-order valence-electron chi connectivity index (χ2n) is 5.64. The quantitative estimate of drug-likeness (QED) is 0.880. The second kappa shape index (κ2) is 6.69. The van der Waals surface area contributed by atoms with E-state index >= 15 is 0 Å². The van der Waals surface area contributed by atoms with Gasteiger partial charge in [-0.2, -0.15) is 5.10 Å². The Kier molecular flexibility index (Phi) is 4.65. The number of β-amino-alcohol motifs (C(OH)–C–C–N with tert-alkyl or cyclic N) is 1. The zero-order valence-corrected chi connectivity index (χ0v) is 12.5. The molecule has 0 amide bonds. The summed E-state index contributed by atoms with van der Waals surface area (Å²) in [5, 5.41) is 15.1. The molecule has 1 aromatic carbocycles. The Labute approximate surface area is 132 Å². The predicted octanol–water partition coefficient (Wildman–Crippen LogP) is 0.776. The van der Waals surface area contributed by atoms with E-state index in [9.17, 15) is 13.9 Å². The van der Waals surface area contributed by atoms with E-state index in [-0.39, 0.29) is 18.7 Å². The lowest BCUT2D eigenvalue weighted by atomic mass is 9.92. The van der Waals surface area contributed by atoms with E-state index in [4.69, 9.17) is 4.74 Å². The monoisotopic (exact) mass is 324 g/mol. The summed E-state index contributed by atoms with van der Waals surface area (Å²) in [6, 6.07) is 3.20. The molecular formula is C15H18F2N4O2. The fraction of sp³-hybridized carbons (Fsp3) is 0.467. The first-order valence-corrected chi connectivity index (χ1v) is 7.37. The molecule has 124 valence electrons. The molecule has 6 nitrogen and oxygen atoms in total. The lowest BCUT2D eigenvalue weighted by Crippen LogP contribution is -2.48. The van der Waals surface area contributed by atoms with Crippen molar-refractivity contribution >= 4 is 0 Å². The number of benzene rings is 1. The molecule has 0 bridgehead atoms. The minimum absolute atomic E-state index is 0.0207. The van der Waals surface area contributed by atoms with E-state index in [1.165, 1.54) is 23.4 Å². The summed E-state index contributed by atoms with van der Waals surface area (Å²) in [5.41, 5.74) is -1.51. The molecule has 23 heavy (non-hydrogen) atoms. The van der Waals surface area contributed by atoms with Crippen LogP contribution >= 0.6 is 0 Å². The first-order valence-electron chi connectivity index (χ1n) is 7.37. The normalized spacial score (nSPS) is 18.7. The molecule has 1 aliphatic heterocycles. The fourth-order valence-corrected chi connectivity index (χ4v) is 2.80. The van der Waals surface area contributed by atoms with Crippen molar-refractivity contribution in [3.63, 3.8) is 0 Å². The number of rotatable bonds is 5. The molecule has 1 saturated heterocycles. The van der Waals surface area contributed by atoms with Crippen molar-refractivity contribution in [2.75, 3.05) is 32.8 Å². The highest BCUT2D eigenvalue weighted by Gasteiger charge is 2.35.